The molecule has 0 saturated carbocycles. The van der Waals surface area contributed by atoms with Crippen LogP contribution in [0.1, 0.15) is 22.3 Å². The first-order chi connectivity index (χ1) is 10.5. The van der Waals surface area contributed by atoms with Crippen molar-refractivity contribution in [2.24, 2.45) is 0 Å². The standard InChI is InChI=1S/C19H26O2Si2/c1-22(2,3)18-12-16(11-17(18)21)19(23(4,5)6)15-9-7-14(13-20)8-10-15/h7-10,12-13H,11H2,1-6H3/b19-16+. The van der Waals surface area contributed by atoms with E-state index in [1.54, 1.807) is 0 Å². The van der Waals surface area contributed by atoms with Crippen LogP contribution in [0.2, 0.25) is 39.3 Å². The third-order valence-corrected chi connectivity index (χ3v) is 8.33. The van der Waals surface area contributed by atoms with Gasteiger partial charge in [-0.25, -0.2) is 0 Å². The Hall–Kier alpha value is -1.53. The molecule has 0 bridgehead atoms. The molecule has 4 heteroatoms. The molecule has 2 nitrogen and oxygen atoms in total. The molecular formula is C19H26O2Si2. The van der Waals surface area contributed by atoms with Crippen LogP contribution < -0.4 is 0 Å². The molecule has 0 spiro atoms. The fourth-order valence-electron chi connectivity index (χ4n) is 3.20. The van der Waals surface area contributed by atoms with E-state index in [2.05, 4.69) is 45.4 Å². The van der Waals surface area contributed by atoms with Gasteiger partial charge in [-0.2, -0.15) is 0 Å². The number of rotatable bonds is 4. The fourth-order valence-corrected chi connectivity index (χ4v) is 6.89. The van der Waals surface area contributed by atoms with Gasteiger partial charge in [0.25, 0.3) is 0 Å². The highest BCUT2D eigenvalue weighted by Gasteiger charge is 2.34. The lowest BCUT2D eigenvalue weighted by atomic mass is 10.1. The summed E-state index contributed by atoms with van der Waals surface area (Å²) in [5, 5.41) is 2.41. The van der Waals surface area contributed by atoms with Crippen molar-refractivity contribution in [1.82, 2.24) is 0 Å². The van der Waals surface area contributed by atoms with Gasteiger partial charge in [0.1, 0.15) is 6.29 Å². The Morgan fingerprint density at radius 3 is 1.96 bits per heavy atom. The SMILES string of the molecule is C[Si](C)(C)C1=C/C(=C(\c2ccc(C=O)cc2)[Si](C)(C)C)CC1=O. The molecule has 0 aliphatic heterocycles. The van der Waals surface area contributed by atoms with Gasteiger partial charge in [-0.1, -0.05) is 69.6 Å². The summed E-state index contributed by atoms with van der Waals surface area (Å²) >= 11 is 0. The Balaban J connectivity index is 2.62. The number of allylic oxidation sites excluding steroid dienone is 3. The minimum atomic E-state index is -1.63. The minimum Gasteiger partial charge on any atom is -0.298 e. The molecule has 0 fully saturated rings. The summed E-state index contributed by atoms with van der Waals surface area (Å²) in [6.07, 6.45) is 3.58. The van der Waals surface area contributed by atoms with Crippen molar-refractivity contribution >= 4 is 33.4 Å². The Morgan fingerprint density at radius 2 is 1.57 bits per heavy atom. The maximum atomic E-state index is 12.5. The second kappa shape index (κ2) is 6.17. The summed E-state index contributed by atoms with van der Waals surface area (Å²) in [4.78, 5) is 23.4. The molecule has 0 aromatic heterocycles. The van der Waals surface area contributed by atoms with Crippen molar-refractivity contribution in [2.75, 3.05) is 0 Å². The number of hydrogen-bond donors (Lipinski definition) is 0. The molecule has 122 valence electrons. The van der Waals surface area contributed by atoms with Crippen molar-refractivity contribution in [3.05, 3.63) is 52.2 Å². The van der Waals surface area contributed by atoms with E-state index in [1.165, 1.54) is 10.8 Å². The number of ketones is 1. The maximum absolute atomic E-state index is 12.5. The van der Waals surface area contributed by atoms with Crippen molar-refractivity contribution in [2.45, 2.75) is 45.7 Å². The summed E-state index contributed by atoms with van der Waals surface area (Å²) < 4.78 is 0. The summed E-state index contributed by atoms with van der Waals surface area (Å²) in [6.45, 7) is 13.6. The lowest BCUT2D eigenvalue weighted by Gasteiger charge is -2.24. The molecule has 2 rings (SSSR count). The molecule has 1 aliphatic carbocycles. The summed E-state index contributed by atoms with van der Waals surface area (Å²) in [7, 11) is -3.23. The first-order valence-corrected chi connectivity index (χ1v) is 15.1. The molecule has 0 unspecified atom stereocenters. The van der Waals surface area contributed by atoms with Gasteiger partial charge in [0.2, 0.25) is 0 Å². The third-order valence-electron chi connectivity index (χ3n) is 4.18. The smallest absolute Gasteiger partial charge is 0.159 e. The summed E-state index contributed by atoms with van der Waals surface area (Å²) in [5.41, 5.74) is 3.05. The van der Waals surface area contributed by atoms with Gasteiger partial charge in [0.15, 0.2) is 5.78 Å². The molecule has 0 saturated heterocycles. The predicted molar refractivity (Wildman–Crippen MR) is 103 cm³/mol. The minimum absolute atomic E-state index is 0.305. The summed E-state index contributed by atoms with van der Waals surface area (Å²) in [5.74, 6) is 0.305. The van der Waals surface area contributed by atoms with Crippen LogP contribution >= 0.6 is 0 Å². The van der Waals surface area contributed by atoms with E-state index >= 15 is 0 Å². The summed E-state index contributed by atoms with van der Waals surface area (Å²) in [6, 6.07) is 7.77. The third kappa shape index (κ3) is 3.87. The average molecular weight is 343 g/mol. The molecule has 1 aromatic rings. The molecule has 0 amide bonds. The van der Waals surface area contributed by atoms with Gasteiger partial charge in [-0.3, -0.25) is 9.59 Å². The second-order valence-electron chi connectivity index (χ2n) is 8.30. The molecule has 0 N–H and O–H groups in total. The molecule has 0 atom stereocenters. The molecule has 0 radical (unpaired) electrons. The van der Waals surface area contributed by atoms with Crippen LogP contribution in [0.5, 0.6) is 0 Å². The number of carbonyl (C=O) groups is 2. The van der Waals surface area contributed by atoms with Crippen LogP contribution in [0.3, 0.4) is 0 Å². The quantitative estimate of drug-likeness (QED) is 0.575. The lowest BCUT2D eigenvalue weighted by Crippen LogP contribution is -2.27. The highest BCUT2D eigenvalue weighted by molar-refractivity contribution is 6.94. The number of Topliss-reactive ketones (excluding diaryl/α,β-unsaturated/α-hetero) is 1. The van der Waals surface area contributed by atoms with E-state index in [0.29, 0.717) is 17.8 Å². The predicted octanol–water partition coefficient (Wildman–Crippen LogP) is 4.91. The highest BCUT2D eigenvalue weighted by Crippen LogP contribution is 2.37. The highest BCUT2D eigenvalue weighted by atomic mass is 28.3. The zero-order chi connectivity index (χ0) is 17.4. The maximum Gasteiger partial charge on any atom is 0.159 e. The monoisotopic (exact) mass is 342 g/mol. The number of aldehydes is 1. The number of benzene rings is 1. The van der Waals surface area contributed by atoms with Crippen LogP contribution in [0.25, 0.3) is 5.20 Å². The number of hydrogen-bond acceptors (Lipinski definition) is 2. The largest absolute Gasteiger partial charge is 0.298 e. The lowest BCUT2D eigenvalue weighted by molar-refractivity contribution is -0.114. The van der Waals surface area contributed by atoms with E-state index in [1.807, 2.05) is 24.3 Å². The van der Waals surface area contributed by atoms with Crippen molar-refractivity contribution in [3.63, 3.8) is 0 Å². The molecule has 1 aromatic carbocycles. The van der Waals surface area contributed by atoms with Gasteiger partial charge < -0.3 is 0 Å². The van der Waals surface area contributed by atoms with E-state index in [0.717, 1.165) is 17.0 Å². The van der Waals surface area contributed by atoms with Crippen molar-refractivity contribution in [3.8, 4) is 0 Å². The van der Waals surface area contributed by atoms with Crippen molar-refractivity contribution < 1.29 is 9.59 Å². The van der Waals surface area contributed by atoms with Gasteiger partial charge in [0, 0.05) is 12.0 Å². The van der Waals surface area contributed by atoms with Gasteiger partial charge >= 0.3 is 0 Å². The van der Waals surface area contributed by atoms with E-state index in [9.17, 15) is 9.59 Å². The first-order valence-electron chi connectivity index (χ1n) is 8.08. The van der Waals surface area contributed by atoms with Crippen LogP contribution in [0, 0.1) is 0 Å². The van der Waals surface area contributed by atoms with Crippen LogP contribution in [-0.2, 0) is 4.79 Å². The van der Waals surface area contributed by atoms with Gasteiger partial charge in [-0.05, 0) is 21.5 Å². The number of carbonyl (C=O) groups excluding carboxylic acids is 2. The first kappa shape index (κ1) is 17.8. The normalized spacial score (nSPS) is 18.0. The Labute approximate surface area is 141 Å². The zero-order valence-corrected chi connectivity index (χ0v) is 17.0. The topological polar surface area (TPSA) is 34.1 Å². The molecule has 1 aliphatic rings. The molecular weight excluding hydrogens is 316 g/mol. The zero-order valence-electron chi connectivity index (χ0n) is 15.0. The van der Waals surface area contributed by atoms with Gasteiger partial charge in [-0.15, -0.1) is 0 Å². The van der Waals surface area contributed by atoms with Crippen LogP contribution in [-0.4, -0.2) is 28.2 Å². The Kier molecular flexibility index (Phi) is 4.78. The van der Waals surface area contributed by atoms with E-state index < -0.39 is 16.1 Å². The van der Waals surface area contributed by atoms with Crippen LogP contribution in [0.15, 0.2) is 41.1 Å². The van der Waals surface area contributed by atoms with Crippen molar-refractivity contribution in [1.29, 1.82) is 0 Å². The average Bonchev–Trinajstić information content (AvgIpc) is 2.79. The Bertz CT molecular complexity index is 696. The molecule has 0 heterocycles. The van der Waals surface area contributed by atoms with Crippen LogP contribution in [0.4, 0.5) is 0 Å². The van der Waals surface area contributed by atoms with Gasteiger partial charge in [0.05, 0.1) is 16.1 Å². The molecule has 23 heavy (non-hydrogen) atoms. The fraction of sp³-hybridized carbons (Fsp3) is 0.368. The van der Waals surface area contributed by atoms with E-state index in [-0.39, 0.29) is 0 Å². The van der Waals surface area contributed by atoms with E-state index in [4.69, 9.17) is 0 Å². The second-order valence-corrected chi connectivity index (χ2v) is 18.3. The Morgan fingerprint density at radius 1 is 1.00 bits per heavy atom.